The first kappa shape index (κ1) is 25.2. The Balaban J connectivity index is 1.41. The molecule has 0 bridgehead atoms. The first-order valence-electron chi connectivity index (χ1n) is 13.1. The van der Waals surface area contributed by atoms with Crippen molar-refractivity contribution in [1.29, 1.82) is 0 Å². The first-order valence-corrected chi connectivity index (χ1v) is 13.5. The van der Waals surface area contributed by atoms with Crippen molar-refractivity contribution in [3.8, 4) is 0 Å². The Hall–Kier alpha value is -2.42. The summed E-state index contributed by atoms with van der Waals surface area (Å²) in [4.78, 5) is 27.0. The summed E-state index contributed by atoms with van der Waals surface area (Å²) in [6.07, 6.45) is 5.20. The maximum absolute atomic E-state index is 12.9. The molecule has 8 nitrogen and oxygen atoms in total. The average Bonchev–Trinajstić information content (AvgIpc) is 3.51. The van der Waals surface area contributed by atoms with Crippen molar-refractivity contribution in [1.82, 2.24) is 24.0 Å². The van der Waals surface area contributed by atoms with E-state index < -0.39 is 0 Å². The monoisotopic (exact) mass is 512 g/mol. The second-order valence-corrected chi connectivity index (χ2v) is 11.2. The first-order chi connectivity index (χ1) is 17.3. The number of hydrogen-bond donors (Lipinski definition) is 0. The van der Waals surface area contributed by atoms with Crippen LogP contribution in [0.5, 0.6) is 0 Å². The van der Waals surface area contributed by atoms with Crippen molar-refractivity contribution in [2.75, 3.05) is 31.1 Å². The lowest BCUT2D eigenvalue weighted by atomic mass is 9.94. The molecule has 3 aromatic rings. The van der Waals surface area contributed by atoms with Crippen molar-refractivity contribution in [3.63, 3.8) is 0 Å². The molecule has 0 spiro atoms. The van der Waals surface area contributed by atoms with Crippen molar-refractivity contribution < 1.29 is 4.74 Å². The SMILES string of the molecule is CC(C)CC(c1ccc(Cl)cc1)N1CCN(c2nc(=O)n(C)c3c2ncn3CC2CCCO2)C(C)C1. The Morgan fingerprint density at radius 3 is 2.64 bits per heavy atom. The van der Waals surface area contributed by atoms with Crippen LogP contribution in [0.15, 0.2) is 35.4 Å². The zero-order chi connectivity index (χ0) is 25.4. The van der Waals surface area contributed by atoms with E-state index in [1.807, 2.05) is 18.5 Å². The van der Waals surface area contributed by atoms with Gasteiger partial charge in [0.05, 0.1) is 19.0 Å². The number of imidazole rings is 1. The molecule has 0 radical (unpaired) electrons. The highest BCUT2D eigenvalue weighted by Crippen LogP contribution is 2.33. The fraction of sp³-hybridized carbons (Fsp3) is 0.593. The van der Waals surface area contributed by atoms with Crippen LogP contribution in [0.2, 0.25) is 5.02 Å². The number of nitrogens with zero attached hydrogens (tertiary/aromatic N) is 6. The van der Waals surface area contributed by atoms with E-state index in [1.54, 1.807) is 11.6 Å². The highest BCUT2D eigenvalue weighted by molar-refractivity contribution is 6.30. The molecule has 0 aliphatic carbocycles. The van der Waals surface area contributed by atoms with Crippen LogP contribution >= 0.6 is 11.6 Å². The fourth-order valence-electron chi connectivity index (χ4n) is 5.75. The fourth-order valence-corrected chi connectivity index (χ4v) is 5.87. The van der Waals surface area contributed by atoms with Crippen LogP contribution in [0.3, 0.4) is 0 Å². The van der Waals surface area contributed by atoms with Gasteiger partial charge in [-0.25, -0.2) is 9.78 Å². The van der Waals surface area contributed by atoms with E-state index in [2.05, 4.69) is 52.3 Å². The molecule has 2 aromatic heterocycles. The van der Waals surface area contributed by atoms with Gasteiger partial charge in [-0.3, -0.25) is 9.47 Å². The molecule has 4 heterocycles. The normalized spacial score (nSPS) is 22.1. The maximum atomic E-state index is 12.9. The van der Waals surface area contributed by atoms with Gasteiger partial charge in [0.2, 0.25) is 0 Å². The van der Waals surface area contributed by atoms with Gasteiger partial charge in [0.1, 0.15) is 11.2 Å². The maximum Gasteiger partial charge on any atom is 0.350 e. The number of anilines is 1. The van der Waals surface area contributed by atoms with E-state index in [0.29, 0.717) is 24.3 Å². The van der Waals surface area contributed by atoms with Crippen molar-refractivity contribution in [3.05, 3.63) is 51.7 Å². The highest BCUT2D eigenvalue weighted by Gasteiger charge is 2.32. The number of rotatable bonds is 7. The molecule has 0 N–H and O–H groups in total. The van der Waals surface area contributed by atoms with Gasteiger partial charge in [-0.1, -0.05) is 37.6 Å². The molecule has 194 valence electrons. The van der Waals surface area contributed by atoms with Gasteiger partial charge < -0.3 is 14.2 Å². The van der Waals surface area contributed by atoms with E-state index in [1.165, 1.54) is 5.56 Å². The van der Waals surface area contributed by atoms with Gasteiger partial charge >= 0.3 is 5.69 Å². The smallest absolute Gasteiger partial charge is 0.350 e. The summed E-state index contributed by atoms with van der Waals surface area (Å²) in [6, 6.07) is 8.79. The molecule has 2 aliphatic rings. The number of benzene rings is 1. The molecule has 36 heavy (non-hydrogen) atoms. The molecule has 2 fully saturated rings. The molecule has 2 aliphatic heterocycles. The van der Waals surface area contributed by atoms with Crippen molar-refractivity contribution in [2.24, 2.45) is 13.0 Å². The number of halogens is 1. The average molecular weight is 513 g/mol. The second kappa shape index (κ2) is 10.5. The van der Waals surface area contributed by atoms with E-state index in [4.69, 9.17) is 21.3 Å². The molecular weight excluding hydrogens is 476 g/mol. The minimum absolute atomic E-state index is 0.169. The van der Waals surface area contributed by atoms with Gasteiger partial charge in [0, 0.05) is 50.4 Å². The molecule has 5 rings (SSSR count). The van der Waals surface area contributed by atoms with Crippen molar-refractivity contribution >= 4 is 28.6 Å². The number of piperazine rings is 1. The molecule has 9 heteroatoms. The number of aryl methyl sites for hydroxylation is 1. The summed E-state index contributed by atoms with van der Waals surface area (Å²) >= 11 is 6.17. The Morgan fingerprint density at radius 1 is 1.19 bits per heavy atom. The van der Waals surface area contributed by atoms with Crippen molar-refractivity contribution in [2.45, 2.75) is 64.8 Å². The van der Waals surface area contributed by atoms with Crippen LogP contribution in [0.4, 0.5) is 5.82 Å². The largest absolute Gasteiger partial charge is 0.376 e. The van der Waals surface area contributed by atoms with E-state index >= 15 is 0 Å². The molecule has 3 atom stereocenters. The second-order valence-electron chi connectivity index (χ2n) is 10.7. The number of ether oxygens (including phenoxy) is 1. The van der Waals surface area contributed by atoms with Gasteiger partial charge in [-0.05, 0) is 49.8 Å². The summed E-state index contributed by atoms with van der Waals surface area (Å²) < 4.78 is 9.50. The number of fused-ring (bicyclic) bond motifs is 1. The lowest BCUT2D eigenvalue weighted by Crippen LogP contribution is -2.53. The minimum Gasteiger partial charge on any atom is -0.376 e. The third-order valence-electron chi connectivity index (χ3n) is 7.57. The lowest BCUT2D eigenvalue weighted by Gasteiger charge is -2.44. The Morgan fingerprint density at radius 2 is 1.97 bits per heavy atom. The number of aromatic nitrogens is 4. The van der Waals surface area contributed by atoms with Gasteiger partial charge in [-0.2, -0.15) is 4.98 Å². The topological polar surface area (TPSA) is 68.4 Å². The zero-order valence-corrected chi connectivity index (χ0v) is 22.5. The zero-order valence-electron chi connectivity index (χ0n) is 21.7. The summed E-state index contributed by atoms with van der Waals surface area (Å²) in [5.41, 5.74) is 2.65. The van der Waals surface area contributed by atoms with Crippen LogP contribution in [0.1, 0.15) is 51.6 Å². The summed E-state index contributed by atoms with van der Waals surface area (Å²) in [5.74, 6) is 1.27. The molecule has 2 saturated heterocycles. The standard InChI is InChI=1S/C27H37ClN6O2/c1-18(2)14-23(20-7-9-21(28)10-8-20)32-11-12-34(19(3)15-32)25-24-26(31(4)27(35)30-25)33(17-29-24)16-22-6-5-13-36-22/h7-10,17-19,22-23H,5-6,11-16H2,1-4H3. The molecule has 3 unspecified atom stereocenters. The van der Waals surface area contributed by atoms with E-state index in [0.717, 1.165) is 61.7 Å². The highest BCUT2D eigenvalue weighted by atomic mass is 35.5. The van der Waals surface area contributed by atoms with E-state index in [-0.39, 0.29) is 17.8 Å². The van der Waals surface area contributed by atoms with E-state index in [9.17, 15) is 4.79 Å². The number of hydrogen-bond acceptors (Lipinski definition) is 6. The summed E-state index contributed by atoms with van der Waals surface area (Å²) in [7, 11) is 1.78. The van der Waals surface area contributed by atoms with Crippen LogP contribution in [-0.2, 0) is 18.3 Å². The third kappa shape index (κ3) is 5.04. The predicted molar refractivity (Wildman–Crippen MR) is 144 cm³/mol. The Kier molecular flexibility index (Phi) is 7.37. The Bertz CT molecular complexity index is 1250. The third-order valence-corrected chi connectivity index (χ3v) is 7.83. The quantitative estimate of drug-likeness (QED) is 0.471. The molecule has 1 aromatic carbocycles. The van der Waals surface area contributed by atoms with Crippen LogP contribution < -0.4 is 10.6 Å². The Labute approximate surface area is 217 Å². The minimum atomic E-state index is -0.250. The predicted octanol–water partition coefficient (Wildman–Crippen LogP) is 4.26. The van der Waals surface area contributed by atoms with Crippen LogP contribution in [-0.4, -0.2) is 62.4 Å². The van der Waals surface area contributed by atoms with Gasteiger partial charge in [0.25, 0.3) is 0 Å². The van der Waals surface area contributed by atoms with Crippen LogP contribution in [0, 0.1) is 5.92 Å². The lowest BCUT2D eigenvalue weighted by molar-refractivity contribution is 0.0976. The molecular formula is C27H37ClN6O2. The summed E-state index contributed by atoms with van der Waals surface area (Å²) in [5, 5.41) is 0.764. The van der Waals surface area contributed by atoms with Crippen LogP contribution in [0.25, 0.3) is 11.2 Å². The molecule has 0 saturated carbocycles. The van der Waals surface area contributed by atoms with Gasteiger partial charge in [-0.15, -0.1) is 0 Å². The van der Waals surface area contributed by atoms with Gasteiger partial charge in [0.15, 0.2) is 5.82 Å². The molecule has 0 amide bonds. The summed E-state index contributed by atoms with van der Waals surface area (Å²) in [6.45, 7) is 10.8.